The average molecular weight is 481 g/mol. The first-order valence-corrected chi connectivity index (χ1v) is 12.6. The van der Waals surface area contributed by atoms with Gasteiger partial charge in [0.25, 0.3) is 0 Å². The molecule has 4 rings (SSSR count). The molecule has 0 heterocycles. The summed E-state index contributed by atoms with van der Waals surface area (Å²) in [6.45, 7) is 11.6. The van der Waals surface area contributed by atoms with Gasteiger partial charge in [0.2, 0.25) is 0 Å². The molecule has 0 amide bonds. The molecule has 0 aliphatic heterocycles. The smallest absolute Gasteiger partial charge is 0.187 e. The van der Waals surface area contributed by atoms with Crippen LogP contribution in [0.2, 0.25) is 0 Å². The standard InChI is InChI=1S/C30H40O5/c1-19-21-10-13-27(34-7)30(4)15-14-26(35-18-20-8-11-22(32-5)12-9-20)29(2,3)25(30)17-24(33-6)23(16-21)28(19)31/h8-9,11-13,16,21,24-26H,1,10,14-15,17-18H2,2-7H3/b27-13-/t21-,24-,25-,26+,30-/m1/s1. The molecule has 3 aliphatic rings. The van der Waals surface area contributed by atoms with Crippen LogP contribution in [-0.2, 0) is 25.6 Å². The Kier molecular flexibility index (Phi) is 7.31. The molecular weight excluding hydrogens is 440 g/mol. The lowest BCUT2D eigenvalue weighted by molar-refractivity contribution is -0.141. The lowest BCUT2D eigenvalue weighted by Crippen LogP contribution is -2.53. The highest BCUT2D eigenvalue weighted by atomic mass is 16.5. The van der Waals surface area contributed by atoms with Crippen LogP contribution in [0.3, 0.4) is 0 Å². The predicted octanol–water partition coefficient (Wildman–Crippen LogP) is 6.04. The predicted molar refractivity (Wildman–Crippen MR) is 137 cm³/mol. The lowest BCUT2D eigenvalue weighted by atomic mass is 9.52. The van der Waals surface area contributed by atoms with Gasteiger partial charge in [-0.15, -0.1) is 0 Å². The molecule has 0 saturated heterocycles. The molecule has 1 saturated carbocycles. The van der Waals surface area contributed by atoms with E-state index in [0.717, 1.165) is 41.9 Å². The zero-order chi connectivity index (χ0) is 25.4. The van der Waals surface area contributed by atoms with Gasteiger partial charge in [0.15, 0.2) is 5.78 Å². The molecule has 2 bridgehead atoms. The van der Waals surface area contributed by atoms with Crippen LogP contribution in [0.1, 0.15) is 52.0 Å². The number of hydrogen-bond acceptors (Lipinski definition) is 5. The van der Waals surface area contributed by atoms with E-state index in [2.05, 4.69) is 51.6 Å². The van der Waals surface area contributed by atoms with Crippen molar-refractivity contribution in [3.63, 3.8) is 0 Å². The van der Waals surface area contributed by atoms with E-state index >= 15 is 0 Å². The van der Waals surface area contributed by atoms with Crippen molar-refractivity contribution in [1.82, 2.24) is 0 Å². The Balaban J connectivity index is 1.65. The van der Waals surface area contributed by atoms with Crippen molar-refractivity contribution >= 4 is 5.78 Å². The van der Waals surface area contributed by atoms with Crippen LogP contribution in [0.15, 0.2) is 59.9 Å². The number of allylic oxidation sites excluding steroid dienone is 4. The number of carbonyl (C=O) groups is 1. The summed E-state index contributed by atoms with van der Waals surface area (Å²) in [5, 5.41) is 0. The molecule has 1 aromatic rings. The molecule has 35 heavy (non-hydrogen) atoms. The zero-order valence-electron chi connectivity index (χ0n) is 22.1. The third-order valence-electron chi connectivity index (χ3n) is 8.84. The first kappa shape index (κ1) is 25.7. The average Bonchev–Trinajstić information content (AvgIpc) is 3.12. The van der Waals surface area contributed by atoms with E-state index in [1.54, 1.807) is 21.3 Å². The van der Waals surface area contributed by atoms with Gasteiger partial charge in [0.1, 0.15) is 5.75 Å². The van der Waals surface area contributed by atoms with Gasteiger partial charge >= 0.3 is 0 Å². The summed E-state index contributed by atoms with van der Waals surface area (Å²) in [6.07, 6.45) is 7.38. The third kappa shape index (κ3) is 4.61. The summed E-state index contributed by atoms with van der Waals surface area (Å²) < 4.78 is 23.9. The minimum atomic E-state index is -0.274. The van der Waals surface area contributed by atoms with Crippen LogP contribution in [-0.4, -0.2) is 39.3 Å². The van der Waals surface area contributed by atoms with Gasteiger partial charge in [0, 0.05) is 24.0 Å². The van der Waals surface area contributed by atoms with Crippen LogP contribution >= 0.6 is 0 Å². The molecular formula is C30H40O5. The van der Waals surface area contributed by atoms with E-state index in [1.807, 2.05) is 12.1 Å². The van der Waals surface area contributed by atoms with Crippen LogP contribution in [0.25, 0.3) is 0 Å². The molecule has 5 nitrogen and oxygen atoms in total. The number of carbonyl (C=O) groups excluding carboxylic acids is 1. The highest BCUT2D eigenvalue weighted by molar-refractivity contribution is 6.11. The van der Waals surface area contributed by atoms with Crippen LogP contribution < -0.4 is 4.74 Å². The maximum Gasteiger partial charge on any atom is 0.187 e. The molecule has 0 unspecified atom stereocenters. The monoisotopic (exact) mass is 480 g/mol. The van der Waals surface area contributed by atoms with Crippen molar-refractivity contribution in [3.05, 3.63) is 65.5 Å². The molecule has 1 aromatic carbocycles. The Morgan fingerprint density at radius 1 is 1.06 bits per heavy atom. The van der Waals surface area contributed by atoms with Crippen molar-refractivity contribution in [1.29, 1.82) is 0 Å². The summed E-state index contributed by atoms with van der Waals surface area (Å²) in [5.74, 6) is 2.08. The first-order valence-electron chi connectivity index (χ1n) is 12.6. The molecule has 1 fully saturated rings. The highest BCUT2D eigenvalue weighted by Gasteiger charge is 2.55. The fourth-order valence-electron chi connectivity index (χ4n) is 6.66. The van der Waals surface area contributed by atoms with Gasteiger partial charge in [-0.2, -0.15) is 0 Å². The van der Waals surface area contributed by atoms with E-state index in [0.29, 0.717) is 18.6 Å². The summed E-state index contributed by atoms with van der Waals surface area (Å²) in [5.41, 5.74) is 2.18. The van der Waals surface area contributed by atoms with Crippen LogP contribution in [0.4, 0.5) is 0 Å². The second kappa shape index (κ2) is 9.94. The second-order valence-electron chi connectivity index (χ2n) is 11.0. The van der Waals surface area contributed by atoms with Crippen molar-refractivity contribution in [2.45, 2.75) is 65.3 Å². The van der Waals surface area contributed by atoms with Crippen molar-refractivity contribution in [2.75, 3.05) is 21.3 Å². The largest absolute Gasteiger partial charge is 0.501 e. The minimum absolute atomic E-state index is 0.0117. The third-order valence-corrected chi connectivity index (χ3v) is 8.84. The molecule has 5 heteroatoms. The number of Topliss-reactive ketones (excluding diaryl/α,β-unsaturated/α-hetero) is 1. The molecule has 0 spiro atoms. The molecule has 0 N–H and O–H groups in total. The Hall–Kier alpha value is -2.37. The number of ketones is 1. The first-order chi connectivity index (χ1) is 16.6. The SMILES string of the molecule is C=C1C(=O)C2=C[C@H]1C/C=C(\OC)[C@]1(C)CC[C@H](OCc3ccc(OC)cc3)C(C)(C)[C@H]1C[C@H]2OC. The van der Waals surface area contributed by atoms with Gasteiger partial charge < -0.3 is 18.9 Å². The van der Waals surface area contributed by atoms with Crippen LogP contribution in [0, 0.1) is 22.7 Å². The summed E-state index contributed by atoms with van der Waals surface area (Å²) in [4.78, 5) is 13.1. The second-order valence-corrected chi connectivity index (χ2v) is 11.0. The maximum atomic E-state index is 13.1. The molecule has 190 valence electrons. The summed E-state index contributed by atoms with van der Waals surface area (Å²) in [7, 11) is 5.15. The van der Waals surface area contributed by atoms with E-state index in [9.17, 15) is 4.79 Å². The number of ether oxygens (including phenoxy) is 4. The van der Waals surface area contributed by atoms with Gasteiger partial charge in [-0.25, -0.2) is 0 Å². The van der Waals surface area contributed by atoms with Crippen molar-refractivity contribution in [2.24, 2.45) is 22.7 Å². The van der Waals surface area contributed by atoms with Crippen molar-refractivity contribution in [3.8, 4) is 5.75 Å². The number of rotatable bonds is 6. The lowest BCUT2D eigenvalue weighted by Gasteiger charge is -2.55. The normalized spacial score (nSPS) is 33.9. The maximum absolute atomic E-state index is 13.1. The Bertz CT molecular complexity index is 1020. The van der Waals surface area contributed by atoms with Gasteiger partial charge in [0.05, 0.1) is 38.8 Å². The summed E-state index contributed by atoms with van der Waals surface area (Å²) >= 11 is 0. The fraction of sp³-hybridized carbons (Fsp3) is 0.567. The van der Waals surface area contributed by atoms with E-state index in [4.69, 9.17) is 18.9 Å². The Morgan fingerprint density at radius 2 is 1.77 bits per heavy atom. The number of methoxy groups -OCH3 is 3. The fourth-order valence-corrected chi connectivity index (χ4v) is 6.66. The van der Waals surface area contributed by atoms with Crippen LogP contribution in [0.5, 0.6) is 5.75 Å². The van der Waals surface area contributed by atoms with E-state index in [1.165, 1.54) is 0 Å². The molecule has 3 aliphatic carbocycles. The highest BCUT2D eigenvalue weighted by Crippen LogP contribution is 2.58. The molecule has 0 radical (unpaired) electrons. The zero-order valence-corrected chi connectivity index (χ0v) is 22.1. The van der Waals surface area contributed by atoms with Crippen molar-refractivity contribution < 1.29 is 23.7 Å². The number of hydrogen-bond donors (Lipinski definition) is 0. The number of benzene rings is 1. The van der Waals surface area contributed by atoms with E-state index in [-0.39, 0.29) is 40.7 Å². The molecule has 5 atom stereocenters. The van der Waals surface area contributed by atoms with Gasteiger partial charge in [-0.3, -0.25) is 4.79 Å². The summed E-state index contributed by atoms with van der Waals surface area (Å²) in [6, 6.07) is 8.04. The Labute approximate surface area is 210 Å². The Morgan fingerprint density at radius 3 is 2.40 bits per heavy atom. The van der Waals surface area contributed by atoms with Gasteiger partial charge in [-0.05, 0) is 66.4 Å². The molecule has 0 aromatic heterocycles. The topological polar surface area (TPSA) is 54.0 Å². The minimum Gasteiger partial charge on any atom is -0.501 e. The number of fused-ring (bicyclic) bond motifs is 2. The van der Waals surface area contributed by atoms with E-state index < -0.39 is 0 Å². The van der Waals surface area contributed by atoms with Gasteiger partial charge in [-0.1, -0.05) is 45.6 Å². The quantitative estimate of drug-likeness (QED) is 0.465.